The van der Waals surface area contributed by atoms with Gasteiger partial charge in [-0.1, -0.05) is 18.2 Å². The summed E-state index contributed by atoms with van der Waals surface area (Å²) in [6, 6.07) is 16.3. The van der Waals surface area contributed by atoms with Crippen LogP contribution in [-0.4, -0.2) is 54.7 Å². The van der Waals surface area contributed by atoms with Crippen LogP contribution >= 0.6 is 0 Å². The Morgan fingerprint density at radius 1 is 1.00 bits per heavy atom. The Bertz CT molecular complexity index is 1420. The number of nitrogens with zero attached hydrogens (tertiary/aromatic N) is 1. The molecule has 2 N–H and O–H groups in total. The number of benzene rings is 3. The molecule has 1 saturated heterocycles. The number of aromatic carboxylic acids is 1. The number of carboxylic acids is 1. The fraction of sp³-hybridized carbons (Fsp3) is 0.192. The lowest BCUT2D eigenvalue weighted by atomic mass is 9.91. The molecular weight excluding hydrogens is 436 g/mol. The van der Waals surface area contributed by atoms with Gasteiger partial charge in [0.1, 0.15) is 17.1 Å². The molecule has 172 valence electrons. The molecule has 1 aliphatic carbocycles. The Hall–Kier alpha value is -4.17. The van der Waals surface area contributed by atoms with Crippen LogP contribution < -0.4 is 15.5 Å². The van der Waals surface area contributed by atoms with Crippen LogP contribution in [0.3, 0.4) is 0 Å². The summed E-state index contributed by atoms with van der Waals surface area (Å²) in [5.41, 5.74) is 2.13. The maximum atomic E-state index is 12.4. The van der Waals surface area contributed by atoms with Crippen molar-refractivity contribution in [2.75, 3.05) is 32.8 Å². The number of carbonyl (C=O) groups is 2. The Morgan fingerprint density at radius 2 is 1.79 bits per heavy atom. The largest absolute Gasteiger partial charge is 0.484 e. The van der Waals surface area contributed by atoms with Gasteiger partial charge in [0.25, 0.3) is 5.91 Å². The van der Waals surface area contributed by atoms with Crippen molar-refractivity contribution in [1.29, 1.82) is 0 Å². The molecule has 2 aromatic rings. The number of amides is 1. The molecule has 2 heterocycles. The highest BCUT2D eigenvalue weighted by molar-refractivity contribution is 6.07. The minimum absolute atomic E-state index is 0.0934. The van der Waals surface area contributed by atoms with Crippen LogP contribution in [-0.2, 0) is 4.79 Å². The van der Waals surface area contributed by atoms with Crippen molar-refractivity contribution in [2.45, 2.75) is 0 Å². The second kappa shape index (κ2) is 8.99. The number of ether oxygens (including phenoxy) is 1. The molecule has 0 aromatic heterocycles. The van der Waals surface area contributed by atoms with E-state index in [1.54, 1.807) is 53.4 Å². The molecule has 5 rings (SSSR count). The summed E-state index contributed by atoms with van der Waals surface area (Å²) in [6.45, 7) is 2.71. The first-order valence-electron chi connectivity index (χ1n) is 11.0. The van der Waals surface area contributed by atoms with Crippen LogP contribution in [0.25, 0.3) is 33.4 Å². The van der Waals surface area contributed by atoms with Gasteiger partial charge in [-0.2, -0.15) is 0 Å². The van der Waals surface area contributed by atoms with Gasteiger partial charge in [0, 0.05) is 54.8 Å². The quantitative estimate of drug-likeness (QED) is 0.443. The van der Waals surface area contributed by atoms with Gasteiger partial charge in [-0.25, -0.2) is 4.79 Å². The molecule has 2 aromatic carbocycles. The van der Waals surface area contributed by atoms with Crippen molar-refractivity contribution >= 4 is 22.8 Å². The summed E-state index contributed by atoms with van der Waals surface area (Å²) >= 11 is 0. The first-order valence-corrected chi connectivity index (χ1v) is 11.0. The topological polar surface area (TPSA) is 109 Å². The molecule has 8 nitrogen and oxygen atoms in total. The minimum atomic E-state index is -1.05. The van der Waals surface area contributed by atoms with E-state index in [1.807, 2.05) is 0 Å². The van der Waals surface area contributed by atoms with E-state index in [1.165, 1.54) is 12.1 Å². The zero-order valence-electron chi connectivity index (χ0n) is 18.2. The van der Waals surface area contributed by atoms with Gasteiger partial charge < -0.3 is 24.5 Å². The van der Waals surface area contributed by atoms with E-state index < -0.39 is 5.97 Å². The summed E-state index contributed by atoms with van der Waals surface area (Å²) in [5, 5.41) is 13.6. The highest BCUT2D eigenvalue weighted by Gasteiger charge is 2.22. The first-order chi connectivity index (χ1) is 16.5. The molecule has 3 aliphatic rings. The average molecular weight is 458 g/mol. The summed E-state index contributed by atoms with van der Waals surface area (Å²) < 4.78 is 11.8. The Labute approximate surface area is 194 Å². The van der Waals surface area contributed by atoms with Crippen LogP contribution in [0.5, 0.6) is 5.75 Å². The maximum Gasteiger partial charge on any atom is 0.336 e. The number of fused-ring (bicyclic) bond motifs is 2. The number of hydrogen-bond acceptors (Lipinski definition) is 6. The summed E-state index contributed by atoms with van der Waals surface area (Å²) in [4.78, 5) is 38.1. The Morgan fingerprint density at radius 3 is 2.59 bits per heavy atom. The molecule has 8 heteroatoms. The van der Waals surface area contributed by atoms with Gasteiger partial charge in [-0.15, -0.1) is 0 Å². The smallest absolute Gasteiger partial charge is 0.336 e. The van der Waals surface area contributed by atoms with Crippen molar-refractivity contribution in [3.05, 3.63) is 76.5 Å². The standard InChI is InChI=1S/C26H22N2O6/c29-16-5-7-20-22(13-16)34-23-14-17(33-15-24(30)28-11-9-27-10-12-28)6-8-21(23)25(20)18-3-1-2-4-19(18)26(31)32/h1-8,13-14,27H,9-12,15H2,(H,31,32). The molecular formula is C26H22N2O6. The van der Waals surface area contributed by atoms with Crippen molar-refractivity contribution in [2.24, 2.45) is 0 Å². The maximum absolute atomic E-state index is 12.4. The number of carbonyl (C=O) groups excluding carboxylic acids is 1. The van der Waals surface area contributed by atoms with E-state index in [9.17, 15) is 19.5 Å². The molecule has 0 atom stereocenters. The third-order valence-corrected chi connectivity index (χ3v) is 5.92. The second-order valence-corrected chi connectivity index (χ2v) is 8.06. The second-order valence-electron chi connectivity index (χ2n) is 8.06. The van der Waals surface area contributed by atoms with Crippen LogP contribution in [0.1, 0.15) is 10.4 Å². The summed E-state index contributed by atoms with van der Waals surface area (Å²) in [6.07, 6.45) is 0. The van der Waals surface area contributed by atoms with Crippen LogP contribution in [0.2, 0.25) is 0 Å². The van der Waals surface area contributed by atoms with Crippen molar-refractivity contribution in [3.63, 3.8) is 0 Å². The lowest BCUT2D eigenvalue weighted by molar-refractivity contribution is -0.133. The highest BCUT2D eigenvalue weighted by atomic mass is 16.5. The molecule has 0 radical (unpaired) electrons. The zero-order valence-corrected chi connectivity index (χ0v) is 18.2. The van der Waals surface area contributed by atoms with Gasteiger partial charge in [0.2, 0.25) is 0 Å². The normalized spacial score (nSPS) is 13.8. The van der Waals surface area contributed by atoms with E-state index in [-0.39, 0.29) is 23.5 Å². The number of hydrogen-bond donors (Lipinski definition) is 2. The SMILES string of the molecule is O=C(O)c1ccccc1-c1c2ccc(=O)cc-2oc2cc(OCC(=O)N3CCNCC3)ccc12. The predicted molar refractivity (Wildman–Crippen MR) is 126 cm³/mol. The highest BCUT2D eigenvalue weighted by Crippen LogP contribution is 2.41. The number of nitrogens with one attached hydrogen (secondary N) is 1. The van der Waals surface area contributed by atoms with Crippen LogP contribution in [0.4, 0.5) is 0 Å². The number of carboxylic acid groups (broad SMARTS) is 1. The molecule has 2 aliphatic heterocycles. The van der Waals surface area contributed by atoms with Gasteiger partial charge in [0.15, 0.2) is 12.0 Å². The lowest BCUT2D eigenvalue weighted by Gasteiger charge is -2.27. The summed E-state index contributed by atoms with van der Waals surface area (Å²) in [7, 11) is 0. The number of piperazine rings is 1. The summed E-state index contributed by atoms with van der Waals surface area (Å²) in [5.74, 6) is -0.368. The third-order valence-electron chi connectivity index (χ3n) is 5.92. The van der Waals surface area contributed by atoms with E-state index >= 15 is 0 Å². The Kier molecular flexibility index (Phi) is 5.73. The lowest BCUT2D eigenvalue weighted by Crippen LogP contribution is -2.47. The predicted octanol–water partition coefficient (Wildman–Crippen LogP) is 3.07. The van der Waals surface area contributed by atoms with Gasteiger partial charge in [-0.05, 0) is 35.9 Å². The van der Waals surface area contributed by atoms with Gasteiger partial charge >= 0.3 is 5.97 Å². The minimum Gasteiger partial charge on any atom is -0.484 e. The fourth-order valence-corrected chi connectivity index (χ4v) is 4.27. The molecule has 0 bridgehead atoms. The monoisotopic (exact) mass is 458 g/mol. The van der Waals surface area contributed by atoms with Crippen LogP contribution in [0, 0.1) is 0 Å². The molecule has 1 fully saturated rings. The number of rotatable bonds is 5. The van der Waals surface area contributed by atoms with Gasteiger partial charge in [-0.3, -0.25) is 9.59 Å². The van der Waals surface area contributed by atoms with Crippen molar-refractivity contribution < 1.29 is 23.8 Å². The van der Waals surface area contributed by atoms with E-state index in [0.717, 1.165) is 13.1 Å². The van der Waals surface area contributed by atoms with Crippen molar-refractivity contribution in [1.82, 2.24) is 10.2 Å². The zero-order chi connectivity index (χ0) is 23.7. The molecule has 0 spiro atoms. The molecule has 1 amide bonds. The van der Waals surface area contributed by atoms with Crippen LogP contribution in [0.15, 0.2) is 69.9 Å². The van der Waals surface area contributed by atoms with Crippen molar-refractivity contribution in [3.8, 4) is 28.2 Å². The average Bonchev–Trinajstić information content (AvgIpc) is 2.86. The van der Waals surface area contributed by atoms with E-state index in [4.69, 9.17) is 9.15 Å². The third kappa shape index (κ3) is 4.11. The molecule has 0 saturated carbocycles. The van der Waals surface area contributed by atoms with E-state index in [2.05, 4.69) is 5.32 Å². The van der Waals surface area contributed by atoms with E-state index in [0.29, 0.717) is 52.3 Å². The molecule has 0 unspecified atom stereocenters. The Balaban J connectivity index is 1.58. The first kappa shape index (κ1) is 21.7. The van der Waals surface area contributed by atoms with Gasteiger partial charge in [0.05, 0.1) is 5.56 Å². The molecule has 34 heavy (non-hydrogen) atoms. The fourth-order valence-electron chi connectivity index (χ4n) is 4.27.